The molecule has 0 N–H and O–H groups in total. The molecular formula is C19H17N. The third kappa shape index (κ3) is 2.62. The predicted molar refractivity (Wildman–Crippen MR) is 84.5 cm³/mol. The zero-order chi connectivity index (χ0) is 18.1. The molecular weight excluding hydrogens is 242 g/mol. The minimum atomic E-state index is -2.72. The highest BCUT2D eigenvalue weighted by atomic mass is 14.7. The van der Waals surface area contributed by atoms with E-state index in [-0.39, 0.29) is 5.56 Å². The Morgan fingerprint density at radius 1 is 0.900 bits per heavy atom. The van der Waals surface area contributed by atoms with E-state index in [2.05, 4.69) is 4.98 Å². The number of hydrogen-bond acceptors (Lipinski definition) is 1. The molecule has 98 valence electrons. The molecule has 0 saturated carbocycles. The molecule has 0 aliphatic rings. The molecule has 0 fully saturated rings. The van der Waals surface area contributed by atoms with Gasteiger partial charge in [0.15, 0.2) is 0 Å². The number of nitrogens with zero attached hydrogens (tertiary/aromatic N) is 1. The van der Waals surface area contributed by atoms with Gasteiger partial charge in [0.25, 0.3) is 0 Å². The van der Waals surface area contributed by atoms with Crippen molar-refractivity contribution in [2.45, 2.75) is 13.2 Å². The van der Waals surface area contributed by atoms with Crippen molar-refractivity contribution in [3.05, 3.63) is 78.5 Å². The summed E-state index contributed by atoms with van der Waals surface area (Å²) >= 11 is 0. The maximum Gasteiger partial charge on any atom is 0.0708 e. The predicted octanol–water partition coefficient (Wildman–Crippen LogP) is 4.98. The van der Waals surface area contributed by atoms with Crippen LogP contribution in [-0.4, -0.2) is 4.98 Å². The van der Waals surface area contributed by atoms with Crippen LogP contribution in [0.5, 0.6) is 0 Å². The van der Waals surface area contributed by atoms with Crippen LogP contribution in [0.4, 0.5) is 0 Å². The molecule has 0 radical (unpaired) electrons. The number of aromatic nitrogens is 1. The van der Waals surface area contributed by atoms with Crippen molar-refractivity contribution in [2.24, 2.45) is 0 Å². The van der Waals surface area contributed by atoms with Crippen LogP contribution in [0, 0.1) is 0 Å². The highest BCUT2D eigenvalue weighted by Crippen LogP contribution is 2.25. The summed E-state index contributed by atoms with van der Waals surface area (Å²) in [4.78, 5) is 4.38. The molecule has 1 heterocycles. The van der Waals surface area contributed by atoms with Crippen LogP contribution >= 0.6 is 0 Å². The van der Waals surface area contributed by atoms with Gasteiger partial charge in [0.05, 0.1) is 5.69 Å². The Morgan fingerprint density at radius 2 is 1.70 bits per heavy atom. The van der Waals surface area contributed by atoms with Crippen LogP contribution in [0.25, 0.3) is 22.4 Å². The molecule has 0 bridgehead atoms. The van der Waals surface area contributed by atoms with Gasteiger partial charge in [-0.15, -0.1) is 0 Å². The largest absolute Gasteiger partial charge is 0.256 e. The fourth-order valence-corrected chi connectivity index (χ4v) is 2.15. The average Bonchev–Trinajstić information content (AvgIpc) is 2.62. The molecule has 3 rings (SSSR count). The zero-order valence-corrected chi connectivity index (χ0v) is 10.9. The lowest BCUT2D eigenvalue weighted by atomic mass is 10.0. The fourth-order valence-electron chi connectivity index (χ4n) is 2.15. The van der Waals surface area contributed by atoms with Gasteiger partial charge in [0.2, 0.25) is 0 Å². The van der Waals surface area contributed by atoms with Crippen LogP contribution in [0.3, 0.4) is 0 Å². The normalized spacial score (nSPS) is 15.5. The Labute approximate surface area is 127 Å². The third-order valence-corrected chi connectivity index (χ3v) is 3.17. The molecule has 0 saturated heterocycles. The van der Waals surface area contributed by atoms with Gasteiger partial charge in [-0.2, -0.15) is 0 Å². The lowest BCUT2D eigenvalue weighted by Crippen LogP contribution is -1.86. The molecule has 1 nitrogen and oxygen atoms in total. The Morgan fingerprint density at radius 3 is 2.55 bits per heavy atom. The SMILES string of the molecule is [2H]C([2H])([2H])C([2H])([2H])c1cccc(-c2ccnc(-c3ccccc3)c2)c1. The summed E-state index contributed by atoms with van der Waals surface area (Å²) in [5.74, 6) is 0. The molecule has 3 aromatic rings. The summed E-state index contributed by atoms with van der Waals surface area (Å²) in [6.45, 7) is -2.72. The second kappa shape index (κ2) is 5.70. The monoisotopic (exact) mass is 264 g/mol. The molecule has 2 aromatic carbocycles. The summed E-state index contributed by atoms with van der Waals surface area (Å²) in [5, 5.41) is 0. The Bertz CT molecular complexity index is 872. The van der Waals surface area contributed by atoms with Gasteiger partial charge in [0.1, 0.15) is 0 Å². The van der Waals surface area contributed by atoms with E-state index in [1.54, 1.807) is 18.3 Å². The van der Waals surface area contributed by atoms with E-state index in [0.29, 0.717) is 0 Å². The van der Waals surface area contributed by atoms with Gasteiger partial charge in [-0.05, 0) is 35.2 Å². The molecule has 0 amide bonds. The first-order valence-electron chi connectivity index (χ1n) is 8.91. The summed E-state index contributed by atoms with van der Waals surface area (Å²) < 4.78 is 38.2. The fraction of sp³-hybridized carbons (Fsp3) is 0.105. The van der Waals surface area contributed by atoms with Crippen molar-refractivity contribution in [3.8, 4) is 22.4 Å². The molecule has 0 unspecified atom stereocenters. The highest BCUT2D eigenvalue weighted by Gasteiger charge is 2.03. The van der Waals surface area contributed by atoms with E-state index in [9.17, 15) is 0 Å². The van der Waals surface area contributed by atoms with Crippen LogP contribution in [0.1, 0.15) is 19.3 Å². The van der Waals surface area contributed by atoms with Gasteiger partial charge >= 0.3 is 0 Å². The second-order valence-electron chi connectivity index (χ2n) is 4.50. The molecule has 0 aliphatic heterocycles. The highest BCUT2D eigenvalue weighted by molar-refractivity contribution is 5.70. The van der Waals surface area contributed by atoms with Gasteiger partial charge in [-0.3, -0.25) is 4.98 Å². The van der Waals surface area contributed by atoms with Crippen LogP contribution in [-0.2, 0) is 6.37 Å². The standard InChI is InChI=1S/C19H17N/c1-2-15-7-6-10-17(13-15)18-11-12-20-19(14-18)16-8-4-3-5-9-16/h3-14H,2H2,1H3/i1D3,2D2. The first kappa shape index (κ1) is 8.01. The Kier molecular flexibility index (Phi) is 2.28. The first-order valence-corrected chi connectivity index (χ1v) is 6.41. The molecule has 20 heavy (non-hydrogen) atoms. The molecule has 0 aliphatic carbocycles. The maximum absolute atomic E-state index is 7.95. The van der Waals surface area contributed by atoms with E-state index >= 15 is 0 Å². The first-order chi connectivity index (χ1) is 11.8. The third-order valence-electron chi connectivity index (χ3n) is 3.17. The lowest BCUT2D eigenvalue weighted by molar-refractivity contribution is 1.14. The van der Waals surface area contributed by atoms with Gasteiger partial charge in [-0.25, -0.2) is 0 Å². The van der Waals surface area contributed by atoms with Gasteiger partial charge < -0.3 is 0 Å². The number of rotatable bonds is 3. The van der Waals surface area contributed by atoms with Crippen molar-refractivity contribution in [3.63, 3.8) is 0 Å². The molecule has 0 atom stereocenters. The minimum absolute atomic E-state index is 0.142. The van der Waals surface area contributed by atoms with E-state index in [0.717, 1.165) is 22.4 Å². The minimum Gasteiger partial charge on any atom is -0.256 e. The van der Waals surface area contributed by atoms with Crippen LogP contribution < -0.4 is 0 Å². The van der Waals surface area contributed by atoms with E-state index in [1.165, 1.54) is 6.07 Å². The number of pyridine rings is 1. The molecule has 1 heteroatoms. The van der Waals surface area contributed by atoms with Gasteiger partial charge in [0, 0.05) is 18.6 Å². The Balaban J connectivity index is 2.03. The summed E-state index contributed by atoms with van der Waals surface area (Å²) in [5.41, 5.74) is 3.55. The lowest BCUT2D eigenvalue weighted by Gasteiger charge is -2.06. The Hall–Kier alpha value is -2.41. The van der Waals surface area contributed by atoms with Gasteiger partial charge in [-0.1, -0.05) is 61.4 Å². The second-order valence-corrected chi connectivity index (χ2v) is 4.50. The quantitative estimate of drug-likeness (QED) is 0.650. The van der Waals surface area contributed by atoms with Crippen LogP contribution in [0.2, 0.25) is 0 Å². The average molecular weight is 264 g/mol. The van der Waals surface area contributed by atoms with E-state index in [1.807, 2.05) is 48.5 Å². The van der Waals surface area contributed by atoms with Crippen molar-refractivity contribution < 1.29 is 6.85 Å². The summed E-state index contributed by atoms with van der Waals surface area (Å²) in [6.07, 6.45) is -0.707. The van der Waals surface area contributed by atoms with Crippen LogP contribution in [0.15, 0.2) is 72.9 Å². The van der Waals surface area contributed by atoms with E-state index < -0.39 is 13.2 Å². The zero-order valence-electron chi connectivity index (χ0n) is 15.9. The van der Waals surface area contributed by atoms with Crippen molar-refractivity contribution in [1.29, 1.82) is 0 Å². The number of hydrogen-bond donors (Lipinski definition) is 0. The number of aryl methyl sites for hydroxylation is 1. The maximum atomic E-state index is 7.95. The van der Waals surface area contributed by atoms with Crippen molar-refractivity contribution >= 4 is 0 Å². The summed E-state index contributed by atoms with van der Waals surface area (Å²) in [7, 11) is 0. The molecule has 1 aromatic heterocycles. The van der Waals surface area contributed by atoms with Crippen molar-refractivity contribution in [1.82, 2.24) is 4.98 Å². The van der Waals surface area contributed by atoms with Crippen molar-refractivity contribution in [2.75, 3.05) is 0 Å². The van der Waals surface area contributed by atoms with E-state index in [4.69, 9.17) is 6.85 Å². The topological polar surface area (TPSA) is 12.9 Å². The number of benzene rings is 2. The molecule has 0 spiro atoms. The summed E-state index contributed by atoms with van der Waals surface area (Å²) in [6, 6.07) is 20.1. The smallest absolute Gasteiger partial charge is 0.0708 e.